The molecule has 0 aliphatic carbocycles. The first kappa shape index (κ1) is 31.5. The maximum atomic E-state index is 13.1. The second-order valence-corrected chi connectivity index (χ2v) is 15.0. The van der Waals surface area contributed by atoms with Gasteiger partial charge in [-0.2, -0.15) is 8.42 Å². The number of hydrogen-bond donors (Lipinski definition) is 1. The molecule has 0 radical (unpaired) electrons. The van der Waals surface area contributed by atoms with Crippen LogP contribution in [-0.2, 0) is 30.5 Å². The lowest BCUT2D eigenvalue weighted by molar-refractivity contribution is -0.385. The number of anilines is 1. The van der Waals surface area contributed by atoms with Crippen molar-refractivity contribution < 1.29 is 30.7 Å². The lowest BCUT2D eigenvalue weighted by Gasteiger charge is -2.19. The molecule has 0 saturated carbocycles. The molecule has 0 aromatic heterocycles. The summed E-state index contributed by atoms with van der Waals surface area (Å²) in [4.78, 5) is 24.4. The summed E-state index contributed by atoms with van der Waals surface area (Å²) >= 11 is 13.3. The van der Waals surface area contributed by atoms with Crippen molar-refractivity contribution in [1.29, 1.82) is 0 Å². The summed E-state index contributed by atoms with van der Waals surface area (Å²) in [7, 11) is -8.23. The fourth-order valence-electron chi connectivity index (χ4n) is 4.14. The number of nitro benzene ring substituents is 1. The van der Waals surface area contributed by atoms with Crippen LogP contribution in [0, 0.1) is 17.0 Å². The molecule has 0 bridgehead atoms. The lowest BCUT2D eigenvalue weighted by atomic mass is 10.1. The number of rotatable bonds is 8. The Labute approximate surface area is 266 Å². The van der Waals surface area contributed by atoms with Gasteiger partial charge in [0, 0.05) is 26.6 Å². The van der Waals surface area contributed by atoms with Crippen LogP contribution >= 0.6 is 35.0 Å². The molecule has 1 heterocycles. The Morgan fingerprint density at radius 3 is 2.25 bits per heavy atom. The number of carbonyl (C=O) groups excluding carboxylic acids is 1. The van der Waals surface area contributed by atoms with Crippen molar-refractivity contribution in [1.82, 2.24) is 0 Å². The van der Waals surface area contributed by atoms with Crippen LogP contribution in [0.3, 0.4) is 0 Å². The van der Waals surface area contributed by atoms with E-state index in [0.717, 1.165) is 29.5 Å². The second-order valence-electron chi connectivity index (χ2n) is 9.52. The van der Waals surface area contributed by atoms with E-state index in [1.165, 1.54) is 42.5 Å². The van der Waals surface area contributed by atoms with E-state index in [0.29, 0.717) is 4.90 Å². The molecule has 1 N–H and O–H groups in total. The van der Waals surface area contributed by atoms with Gasteiger partial charge in [0.15, 0.2) is 9.84 Å². The number of sulfone groups is 1. The summed E-state index contributed by atoms with van der Waals surface area (Å²) in [5, 5.41) is 14.9. The molecule has 0 atom stereocenters. The van der Waals surface area contributed by atoms with Crippen molar-refractivity contribution >= 4 is 78.3 Å². The van der Waals surface area contributed by atoms with Gasteiger partial charge in [0.2, 0.25) is 5.75 Å². The van der Waals surface area contributed by atoms with Crippen molar-refractivity contribution in [3.8, 4) is 5.75 Å². The van der Waals surface area contributed by atoms with E-state index in [9.17, 15) is 31.7 Å². The van der Waals surface area contributed by atoms with E-state index in [4.69, 9.17) is 27.4 Å². The molecular weight excluding hydrogens is 671 g/mol. The zero-order valence-corrected chi connectivity index (χ0v) is 26.4. The number of thioether (sulfide) groups is 1. The summed E-state index contributed by atoms with van der Waals surface area (Å²) in [5.74, 6) is -1.51. The van der Waals surface area contributed by atoms with E-state index in [1.807, 2.05) is 0 Å². The number of nitrogens with one attached hydrogen (secondary N) is 1. The monoisotopic (exact) mass is 690 g/mol. The van der Waals surface area contributed by atoms with E-state index < -0.39 is 48.0 Å². The molecular formula is C29H20Cl2N2O8S3. The fraction of sp³-hybridized carbons (Fsp3) is 0.0690. The molecule has 0 unspecified atom stereocenters. The van der Waals surface area contributed by atoms with Crippen LogP contribution in [0.1, 0.15) is 16.7 Å². The molecule has 226 valence electrons. The third-order valence-electron chi connectivity index (χ3n) is 6.38. The molecule has 4 aromatic rings. The molecule has 44 heavy (non-hydrogen) atoms. The third-order valence-corrected chi connectivity index (χ3v) is 11.1. The summed E-state index contributed by atoms with van der Waals surface area (Å²) in [6.45, 7) is 1.78. The standard InChI is InChI=1S/C29H20Cl2N2O8S3/c1-17-5-8-19(9-6-17)44(39,40)41-26-11-7-18(13-25(26)33(35)36)14-28-29(34)32-24-15-20(10-12-27(24)42-28)43(37,38)16-21-22(30)3-2-4-23(21)31/h2-15H,16H2,1H3,(H,32,34)/b28-14-. The van der Waals surface area contributed by atoms with Gasteiger partial charge in [-0.25, -0.2) is 8.42 Å². The summed E-state index contributed by atoms with van der Waals surface area (Å²) < 4.78 is 56.7. The third kappa shape index (κ3) is 6.76. The van der Waals surface area contributed by atoms with Gasteiger partial charge in [-0.15, -0.1) is 0 Å². The highest BCUT2D eigenvalue weighted by Gasteiger charge is 2.27. The quantitative estimate of drug-likeness (QED) is 0.0889. The Kier molecular flexibility index (Phi) is 8.78. The van der Waals surface area contributed by atoms with Gasteiger partial charge in [-0.05, 0) is 67.1 Å². The smallest absolute Gasteiger partial charge is 0.339 e. The first-order valence-corrected chi connectivity index (χ1v) is 17.2. The van der Waals surface area contributed by atoms with Crippen LogP contribution in [0.5, 0.6) is 5.75 Å². The molecule has 0 spiro atoms. The number of hydrogen-bond acceptors (Lipinski definition) is 9. The highest BCUT2D eigenvalue weighted by molar-refractivity contribution is 8.04. The Balaban J connectivity index is 1.39. The Bertz CT molecular complexity index is 2060. The van der Waals surface area contributed by atoms with Crippen LogP contribution in [0.2, 0.25) is 10.0 Å². The molecule has 1 amide bonds. The predicted octanol–water partition coefficient (Wildman–Crippen LogP) is 7.04. The van der Waals surface area contributed by atoms with Crippen molar-refractivity contribution in [2.45, 2.75) is 27.4 Å². The van der Waals surface area contributed by atoms with Gasteiger partial charge in [0.1, 0.15) is 4.90 Å². The normalized spacial score (nSPS) is 14.2. The molecule has 15 heteroatoms. The molecule has 1 aliphatic rings. The largest absolute Gasteiger partial charge is 0.372 e. The average molecular weight is 692 g/mol. The minimum absolute atomic E-state index is 0.0487. The number of carbonyl (C=O) groups is 1. The van der Waals surface area contributed by atoms with Crippen molar-refractivity contribution in [2.75, 3.05) is 5.32 Å². The summed E-state index contributed by atoms with van der Waals surface area (Å²) in [6.07, 6.45) is 1.39. The molecule has 0 saturated heterocycles. The highest BCUT2D eigenvalue weighted by atomic mass is 35.5. The Morgan fingerprint density at radius 2 is 1.59 bits per heavy atom. The summed E-state index contributed by atoms with van der Waals surface area (Å²) in [5.41, 5.74) is 0.956. The molecule has 1 aliphatic heterocycles. The number of benzene rings is 4. The number of fused-ring (bicyclic) bond motifs is 1. The van der Waals surface area contributed by atoms with E-state index in [2.05, 4.69) is 5.32 Å². The SMILES string of the molecule is Cc1ccc(S(=O)(=O)Oc2ccc(/C=C3\Sc4ccc(S(=O)(=O)Cc5c(Cl)cccc5Cl)cc4NC3=O)cc2[N+](=O)[O-])cc1. The topological polar surface area (TPSA) is 150 Å². The number of nitrogens with zero attached hydrogens (tertiary/aromatic N) is 1. The van der Waals surface area contributed by atoms with Gasteiger partial charge in [-0.3, -0.25) is 14.9 Å². The number of amides is 1. The maximum Gasteiger partial charge on any atom is 0.339 e. The highest BCUT2D eigenvalue weighted by Crippen LogP contribution is 2.41. The molecule has 5 rings (SSSR count). The first-order chi connectivity index (χ1) is 20.7. The van der Waals surface area contributed by atoms with Gasteiger partial charge < -0.3 is 9.50 Å². The first-order valence-electron chi connectivity index (χ1n) is 12.5. The van der Waals surface area contributed by atoms with E-state index in [1.54, 1.807) is 37.3 Å². The second kappa shape index (κ2) is 12.3. The average Bonchev–Trinajstić information content (AvgIpc) is 2.96. The van der Waals surface area contributed by atoms with Crippen LogP contribution < -0.4 is 9.50 Å². The maximum absolute atomic E-state index is 13.1. The van der Waals surface area contributed by atoms with Crippen LogP contribution in [0.4, 0.5) is 11.4 Å². The predicted molar refractivity (Wildman–Crippen MR) is 168 cm³/mol. The zero-order valence-electron chi connectivity index (χ0n) is 22.5. The Hall–Kier alpha value is -3.88. The zero-order chi connectivity index (χ0) is 31.8. The number of nitro groups is 1. The van der Waals surface area contributed by atoms with Gasteiger partial charge >= 0.3 is 15.8 Å². The number of aryl methyl sites for hydroxylation is 1. The molecule has 0 fully saturated rings. The number of halogens is 2. The Morgan fingerprint density at radius 1 is 0.932 bits per heavy atom. The molecule has 10 nitrogen and oxygen atoms in total. The summed E-state index contributed by atoms with van der Waals surface area (Å²) in [6, 6.07) is 18.4. The van der Waals surface area contributed by atoms with E-state index in [-0.39, 0.29) is 41.6 Å². The van der Waals surface area contributed by atoms with Gasteiger partial charge in [0.25, 0.3) is 5.91 Å². The van der Waals surface area contributed by atoms with Crippen LogP contribution in [0.15, 0.2) is 98.5 Å². The van der Waals surface area contributed by atoms with Gasteiger partial charge in [-0.1, -0.05) is 64.8 Å². The van der Waals surface area contributed by atoms with Crippen molar-refractivity contribution in [3.63, 3.8) is 0 Å². The van der Waals surface area contributed by atoms with Crippen LogP contribution in [-0.4, -0.2) is 27.7 Å². The van der Waals surface area contributed by atoms with Crippen molar-refractivity contribution in [3.05, 3.63) is 121 Å². The van der Waals surface area contributed by atoms with Gasteiger partial charge in [0.05, 0.1) is 26.2 Å². The van der Waals surface area contributed by atoms with Crippen molar-refractivity contribution in [2.24, 2.45) is 0 Å². The minimum Gasteiger partial charge on any atom is -0.372 e. The fourth-order valence-corrected chi connectivity index (χ4v) is 8.13. The minimum atomic E-state index is -4.35. The van der Waals surface area contributed by atoms with Crippen LogP contribution in [0.25, 0.3) is 6.08 Å². The lowest BCUT2D eigenvalue weighted by Crippen LogP contribution is -2.18. The van der Waals surface area contributed by atoms with E-state index >= 15 is 0 Å². The molecule has 4 aromatic carbocycles.